The van der Waals surface area contributed by atoms with Crippen LogP contribution in [0.25, 0.3) is 0 Å². The minimum atomic E-state index is -0.916. The van der Waals surface area contributed by atoms with Crippen molar-refractivity contribution in [1.29, 1.82) is 0 Å². The van der Waals surface area contributed by atoms with Crippen molar-refractivity contribution in [1.82, 2.24) is 0 Å². The van der Waals surface area contributed by atoms with E-state index in [9.17, 15) is 9.90 Å². The van der Waals surface area contributed by atoms with Gasteiger partial charge in [0, 0.05) is 11.1 Å². The Balaban J connectivity index is 2.21. The number of nitrogens with one attached hydrogen (secondary N) is 1. The first-order valence-corrected chi connectivity index (χ1v) is 7.25. The van der Waals surface area contributed by atoms with E-state index in [1.807, 2.05) is 0 Å². The van der Waals surface area contributed by atoms with Crippen LogP contribution in [0, 0.1) is 5.92 Å². The first-order valence-electron chi connectivity index (χ1n) is 6.87. The van der Waals surface area contributed by atoms with Gasteiger partial charge in [-0.3, -0.25) is 0 Å². The summed E-state index contributed by atoms with van der Waals surface area (Å²) in [5, 5.41) is 13.2. The highest BCUT2D eigenvalue weighted by Gasteiger charge is 2.21. The predicted octanol–water partition coefficient (Wildman–Crippen LogP) is 4.42. The fourth-order valence-electron chi connectivity index (χ4n) is 2.73. The summed E-state index contributed by atoms with van der Waals surface area (Å²) in [6.07, 6.45) is 6.02. The number of rotatable bonds is 3. The molecule has 1 saturated carbocycles. The van der Waals surface area contributed by atoms with Gasteiger partial charge in [0.05, 0.1) is 11.3 Å². The summed E-state index contributed by atoms with van der Waals surface area (Å²) in [7, 11) is 0. The average molecular weight is 282 g/mol. The van der Waals surface area contributed by atoms with Crippen LogP contribution >= 0.6 is 11.6 Å². The molecule has 0 radical (unpaired) electrons. The molecular weight excluding hydrogens is 262 g/mol. The number of carboxylic acids is 1. The Morgan fingerprint density at radius 1 is 1.32 bits per heavy atom. The molecule has 1 fully saturated rings. The van der Waals surface area contributed by atoms with E-state index in [1.165, 1.54) is 25.7 Å². The van der Waals surface area contributed by atoms with E-state index in [-0.39, 0.29) is 0 Å². The van der Waals surface area contributed by atoms with Gasteiger partial charge in [-0.25, -0.2) is 4.79 Å². The zero-order chi connectivity index (χ0) is 13.8. The van der Waals surface area contributed by atoms with Gasteiger partial charge in [0.2, 0.25) is 0 Å². The van der Waals surface area contributed by atoms with E-state index in [4.69, 9.17) is 11.6 Å². The maximum Gasteiger partial charge on any atom is 0.337 e. The van der Waals surface area contributed by atoms with Crippen molar-refractivity contribution in [2.75, 3.05) is 5.32 Å². The van der Waals surface area contributed by atoms with E-state index >= 15 is 0 Å². The number of halogens is 1. The van der Waals surface area contributed by atoms with Gasteiger partial charge in [0.25, 0.3) is 0 Å². The second-order valence-corrected chi connectivity index (χ2v) is 5.80. The fraction of sp³-hybridized carbons (Fsp3) is 0.533. The maximum absolute atomic E-state index is 11.2. The summed E-state index contributed by atoms with van der Waals surface area (Å²) in [5.41, 5.74) is 0.930. The molecule has 4 heteroatoms. The van der Waals surface area contributed by atoms with Gasteiger partial charge < -0.3 is 10.4 Å². The molecule has 0 amide bonds. The molecule has 0 saturated heterocycles. The molecule has 1 aromatic rings. The lowest BCUT2D eigenvalue weighted by molar-refractivity contribution is 0.0698. The zero-order valence-corrected chi connectivity index (χ0v) is 11.9. The first-order chi connectivity index (χ1) is 9.08. The van der Waals surface area contributed by atoms with E-state index in [2.05, 4.69) is 12.2 Å². The van der Waals surface area contributed by atoms with Crippen LogP contribution in [0.5, 0.6) is 0 Å². The molecule has 2 unspecified atom stereocenters. The maximum atomic E-state index is 11.2. The molecule has 0 bridgehead atoms. The van der Waals surface area contributed by atoms with Crippen LogP contribution in [0.1, 0.15) is 49.4 Å². The van der Waals surface area contributed by atoms with Gasteiger partial charge in [0.1, 0.15) is 0 Å². The molecule has 0 heterocycles. The molecule has 0 aliphatic heterocycles. The molecule has 0 spiro atoms. The van der Waals surface area contributed by atoms with Crippen molar-refractivity contribution in [2.45, 2.75) is 45.1 Å². The fourth-order valence-corrected chi connectivity index (χ4v) is 2.90. The van der Waals surface area contributed by atoms with E-state index < -0.39 is 5.97 Å². The van der Waals surface area contributed by atoms with Crippen LogP contribution < -0.4 is 5.32 Å². The second-order valence-electron chi connectivity index (χ2n) is 5.36. The minimum Gasteiger partial charge on any atom is -0.478 e. The largest absolute Gasteiger partial charge is 0.478 e. The molecular formula is C15H20ClNO2. The van der Waals surface area contributed by atoms with Crippen LogP contribution in [0.3, 0.4) is 0 Å². The van der Waals surface area contributed by atoms with Gasteiger partial charge >= 0.3 is 5.97 Å². The standard InChI is InChI=1S/C15H20ClNO2/c1-10-5-3-2-4-6-13(10)17-14-9-11(16)7-8-12(14)15(18)19/h7-10,13,17H,2-6H2,1H3,(H,18,19). The lowest BCUT2D eigenvalue weighted by atomic mass is 9.96. The molecule has 19 heavy (non-hydrogen) atoms. The predicted molar refractivity (Wildman–Crippen MR) is 78.1 cm³/mol. The quantitative estimate of drug-likeness (QED) is 0.807. The second kappa shape index (κ2) is 6.29. The lowest BCUT2D eigenvalue weighted by Crippen LogP contribution is -2.27. The zero-order valence-electron chi connectivity index (χ0n) is 11.2. The SMILES string of the molecule is CC1CCCCCC1Nc1cc(Cl)ccc1C(=O)O. The summed E-state index contributed by atoms with van der Waals surface area (Å²) >= 11 is 5.97. The third-order valence-electron chi connectivity index (χ3n) is 3.91. The van der Waals surface area contributed by atoms with Crippen LogP contribution in [-0.4, -0.2) is 17.1 Å². The summed E-state index contributed by atoms with van der Waals surface area (Å²) in [6, 6.07) is 5.23. The highest BCUT2D eigenvalue weighted by Crippen LogP contribution is 2.28. The molecule has 2 N–H and O–H groups in total. The highest BCUT2D eigenvalue weighted by molar-refractivity contribution is 6.31. The van der Waals surface area contributed by atoms with E-state index in [0.717, 1.165) is 6.42 Å². The number of aromatic carboxylic acids is 1. The third-order valence-corrected chi connectivity index (χ3v) is 4.15. The van der Waals surface area contributed by atoms with Crippen molar-refractivity contribution in [3.63, 3.8) is 0 Å². The normalized spacial score (nSPS) is 23.7. The third kappa shape index (κ3) is 3.63. The molecule has 1 aliphatic rings. The Labute approximate surface area is 119 Å². The molecule has 1 aliphatic carbocycles. The first kappa shape index (κ1) is 14.2. The van der Waals surface area contributed by atoms with Crippen molar-refractivity contribution < 1.29 is 9.90 Å². The van der Waals surface area contributed by atoms with E-state index in [0.29, 0.717) is 28.2 Å². The summed E-state index contributed by atoms with van der Waals surface area (Å²) in [5.74, 6) is -0.358. The molecule has 2 atom stereocenters. The molecule has 2 rings (SSSR count). The minimum absolute atomic E-state index is 0.292. The molecule has 1 aromatic carbocycles. The molecule has 0 aromatic heterocycles. The van der Waals surface area contributed by atoms with Crippen LogP contribution in [0.2, 0.25) is 5.02 Å². The van der Waals surface area contributed by atoms with Gasteiger partial charge in [-0.15, -0.1) is 0 Å². The summed E-state index contributed by atoms with van der Waals surface area (Å²) in [6.45, 7) is 2.23. The monoisotopic (exact) mass is 281 g/mol. The van der Waals surface area contributed by atoms with Crippen molar-refractivity contribution in [2.24, 2.45) is 5.92 Å². The Hall–Kier alpha value is -1.22. The summed E-state index contributed by atoms with van der Waals surface area (Å²) in [4.78, 5) is 11.2. The Kier molecular flexibility index (Phi) is 4.70. The average Bonchev–Trinajstić information content (AvgIpc) is 2.55. The van der Waals surface area contributed by atoms with Gasteiger partial charge in [0.15, 0.2) is 0 Å². The smallest absolute Gasteiger partial charge is 0.337 e. The van der Waals surface area contributed by atoms with Crippen LogP contribution in [0.4, 0.5) is 5.69 Å². The lowest BCUT2D eigenvalue weighted by Gasteiger charge is -2.25. The number of carboxylic acid groups (broad SMARTS) is 1. The Morgan fingerprint density at radius 2 is 2.05 bits per heavy atom. The number of anilines is 1. The number of hydrogen-bond donors (Lipinski definition) is 2. The molecule has 104 valence electrons. The molecule has 3 nitrogen and oxygen atoms in total. The Morgan fingerprint density at radius 3 is 2.79 bits per heavy atom. The number of hydrogen-bond acceptors (Lipinski definition) is 2. The van der Waals surface area contributed by atoms with Gasteiger partial charge in [-0.2, -0.15) is 0 Å². The van der Waals surface area contributed by atoms with Gasteiger partial charge in [-0.05, 0) is 37.0 Å². The summed E-state index contributed by atoms with van der Waals surface area (Å²) < 4.78 is 0. The number of benzene rings is 1. The van der Waals surface area contributed by atoms with Crippen LogP contribution in [-0.2, 0) is 0 Å². The van der Waals surface area contributed by atoms with Crippen LogP contribution in [0.15, 0.2) is 18.2 Å². The van der Waals surface area contributed by atoms with Crippen molar-refractivity contribution >= 4 is 23.3 Å². The van der Waals surface area contributed by atoms with Crippen molar-refractivity contribution in [3.05, 3.63) is 28.8 Å². The highest BCUT2D eigenvalue weighted by atomic mass is 35.5. The number of carbonyl (C=O) groups is 1. The van der Waals surface area contributed by atoms with E-state index in [1.54, 1.807) is 18.2 Å². The topological polar surface area (TPSA) is 49.3 Å². The van der Waals surface area contributed by atoms with Gasteiger partial charge in [-0.1, -0.05) is 37.8 Å². The van der Waals surface area contributed by atoms with Crippen molar-refractivity contribution in [3.8, 4) is 0 Å². The Bertz CT molecular complexity index is 461.